The van der Waals surface area contributed by atoms with Gasteiger partial charge in [0.05, 0.1) is 11.4 Å². The Hall–Kier alpha value is -2.76. The normalized spacial score (nSPS) is 11.4. The van der Waals surface area contributed by atoms with Gasteiger partial charge in [-0.25, -0.2) is 4.98 Å². The fourth-order valence-corrected chi connectivity index (χ4v) is 3.73. The molecule has 0 aliphatic heterocycles. The van der Waals surface area contributed by atoms with E-state index in [1.54, 1.807) is 11.3 Å². The molecule has 0 atom stereocenters. The van der Waals surface area contributed by atoms with Gasteiger partial charge in [-0.05, 0) is 35.7 Å². The maximum absolute atomic E-state index is 4.66. The highest BCUT2D eigenvalue weighted by Crippen LogP contribution is 2.27. The molecule has 0 spiro atoms. The first-order valence-corrected chi connectivity index (χ1v) is 10.5. The quantitative estimate of drug-likeness (QED) is 0.262. The fraction of sp³-hybridized carbons (Fsp3) is 0.0435. The Bertz CT molecular complexity index is 1080. The predicted molar refractivity (Wildman–Crippen MR) is 123 cm³/mol. The number of nitrogens with zero attached hydrogens (tertiary/aromatic N) is 2. The Labute approximate surface area is 176 Å². The minimum Gasteiger partial charge on any atom is -0.252 e. The molecule has 28 heavy (non-hydrogen) atoms. The zero-order valence-electron chi connectivity index (χ0n) is 15.3. The van der Waals surface area contributed by atoms with E-state index in [0.29, 0.717) is 0 Å². The van der Waals surface area contributed by atoms with Gasteiger partial charge >= 0.3 is 0 Å². The summed E-state index contributed by atoms with van der Waals surface area (Å²) in [5.74, 6) is 0. The van der Waals surface area contributed by atoms with Crippen molar-refractivity contribution < 1.29 is 0 Å². The van der Waals surface area contributed by atoms with Gasteiger partial charge in [-0.15, -0.1) is 11.3 Å². The highest BCUT2D eigenvalue weighted by atomic mass is 79.9. The molecule has 4 aromatic rings. The third-order valence-corrected chi connectivity index (χ3v) is 5.65. The van der Waals surface area contributed by atoms with Crippen molar-refractivity contribution in [3.63, 3.8) is 0 Å². The smallest absolute Gasteiger partial charge is 0.203 e. The number of hydrazone groups is 1. The molecule has 0 amide bonds. The van der Waals surface area contributed by atoms with E-state index >= 15 is 0 Å². The van der Waals surface area contributed by atoms with Crippen LogP contribution < -0.4 is 5.43 Å². The Morgan fingerprint density at radius 2 is 1.50 bits per heavy atom. The van der Waals surface area contributed by atoms with E-state index in [1.807, 2.05) is 42.6 Å². The van der Waals surface area contributed by atoms with Crippen LogP contribution in [0.4, 0.5) is 5.13 Å². The second-order valence-electron chi connectivity index (χ2n) is 6.30. The number of benzene rings is 3. The highest BCUT2D eigenvalue weighted by Gasteiger charge is 2.05. The van der Waals surface area contributed by atoms with Crippen LogP contribution in [-0.4, -0.2) is 10.7 Å². The maximum atomic E-state index is 4.66. The zero-order chi connectivity index (χ0) is 19.3. The van der Waals surface area contributed by atoms with Gasteiger partial charge in [0.25, 0.3) is 0 Å². The van der Waals surface area contributed by atoms with Crippen LogP contribution >= 0.6 is 27.3 Å². The van der Waals surface area contributed by atoms with Gasteiger partial charge in [0, 0.05) is 15.4 Å². The minimum atomic E-state index is 0.776. The maximum Gasteiger partial charge on any atom is 0.203 e. The summed E-state index contributed by atoms with van der Waals surface area (Å²) in [7, 11) is 0. The van der Waals surface area contributed by atoms with Crippen molar-refractivity contribution in [2.24, 2.45) is 5.10 Å². The Morgan fingerprint density at radius 1 is 0.857 bits per heavy atom. The van der Waals surface area contributed by atoms with Gasteiger partial charge in [-0.3, -0.25) is 5.43 Å². The number of halogens is 1. The lowest BCUT2D eigenvalue weighted by Gasteiger charge is -2.03. The van der Waals surface area contributed by atoms with Crippen LogP contribution in [0.5, 0.6) is 0 Å². The third-order valence-electron chi connectivity index (χ3n) is 4.37. The van der Waals surface area contributed by atoms with Crippen molar-refractivity contribution in [2.75, 3.05) is 5.43 Å². The first kappa shape index (κ1) is 18.6. The number of hydrogen-bond acceptors (Lipinski definition) is 4. The van der Waals surface area contributed by atoms with Crippen molar-refractivity contribution in [3.05, 3.63) is 94.3 Å². The molecule has 3 nitrogen and oxygen atoms in total. The van der Waals surface area contributed by atoms with Crippen LogP contribution in [0.25, 0.3) is 22.4 Å². The van der Waals surface area contributed by atoms with E-state index in [2.05, 4.69) is 80.0 Å². The van der Waals surface area contributed by atoms with Crippen LogP contribution in [0.2, 0.25) is 0 Å². The number of nitrogens with one attached hydrogen (secondary N) is 1. The van der Waals surface area contributed by atoms with Crippen molar-refractivity contribution in [1.82, 2.24) is 4.98 Å². The molecule has 1 N–H and O–H groups in total. The first-order chi connectivity index (χ1) is 13.7. The molecule has 1 heterocycles. The largest absolute Gasteiger partial charge is 0.252 e. The molecule has 3 aromatic carbocycles. The average molecular weight is 448 g/mol. The van der Waals surface area contributed by atoms with Crippen LogP contribution in [0, 0.1) is 0 Å². The molecule has 0 saturated carbocycles. The second kappa shape index (κ2) is 8.50. The second-order valence-corrected chi connectivity index (χ2v) is 8.07. The van der Waals surface area contributed by atoms with Crippen molar-refractivity contribution in [2.45, 2.75) is 6.92 Å². The van der Waals surface area contributed by atoms with Crippen LogP contribution in [0.15, 0.2) is 93.8 Å². The SMILES string of the molecule is C/C(=N/Nc1nc(-c2ccc(-c3ccccc3)cc2)cs1)c1ccc(Br)cc1. The number of rotatable bonds is 5. The van der Waals surface area contributed by atoms with Crippen LogP contribution in [0.3, 0.4) is 0 Å². The topological polar surface area (TPSA) is 37.3 Å². The van der Waals surface area contributed by atoms with E-state index in [-0.39, 0.29) is 0 Å². The van der Waals surface area contributed by atoms with Crippen LogP contribution in [0.1, 0.15) is 12.5 Å². The summed E-state index contributed by atoms with van der Waals surface area (Å²) in [6.45, 7) is 1.98. The molecular formula is C23H18BrN3S. The summed E-state index contributed by atoms with van der Waals surface area (Å²) < 4.78 is 1.06. The van der Waals surface area contributed by atoms with Crippen molar-refractivity contribution in [3.8, 4) is 22.4 Å². The molecule has 0 unspecified atom stereocenters. The molecule has 1 aromatic heterocycles. The molecule has 4 rings (SSSR count). The van der Waals surface area contributed by atoms with Gasteiger partial charge < -0.3 is 0 Å². The lowest BCUT2D eigenvalue weighted by molar-refractivity contribution is 1.27. The summed E-state index contributed by atoms with van der Waals surface area (Å²) in [6, 6.07) is 26.9. The van der Waals surface area contributed by atoms with E-state index < -0.39 is 0 Å². The van der Waals surface area contributed by atoms with Gasteiger partial charge in [0.2, 0.25) is 5.13 Å². The fourth-order valence-electron chi connectivity index (χ4n) is 2.81. The average Bonchev–Trinajstić information content (AvgIpc) is 3.22. The van der Waals surface area contributed by atoms with Gasteiger partial charge in [0.15, 0.2) is 0 Å². The lowest BCUT2D eigenvalue weighted by atomic mass is 10.0. The summed E-state index contributed by atoms with van der Waals surface area (Å²) >= 11 is 5.00. The molecule has 5 heteroatoms. The Balaban J connectivity index is 1.47. The van der Waals surface area contributed by atoms with Crippen LogP contribution in [-0.2, 0) is 0 Å². The standard InChI is InChI=1S/C23H18BrN3S/c1-16(17-11-13-21(24)14-12-17)26-27-23-25-22(15-28-23)20-9-7-19(8-10-20)18-5-3-2-4-6-18/h2-15H,1H3,(H,25,27)/b26-16-. The highest BCUT2D eigenvalue weighted by molar-refractivity contribution is 9.10. The first-order valence-electron chi connectivity index (χ1n) is 8.87. The summed E-state index contributed by atoms with van der Waals surface area (Å²) in [5, 5.41) is 7.28. The van der Waals surface area contributed by atoms with Gasteiger partial charge in [-0.2, -0.15) is 5.10 Å². The zero-order valence-corrected chi connectivity index (χ0v) is 17.7. The van der Waals surface area contributed by atoms with E-state index in [4.69, 9.17) is 0 Å². The molecular weight excluding hydrogens is 430 g/mol. The molecule has 0 fully saturated rings. The molecule has 0 aliphatic rings. The molecule has 0 aliphatic carbocycles. The molecule has 0 radical (unpaired) electrons. The number of anilines is 1. The number of thiazole rings is 1. The van der Waals surface area contributed by atoms with Crippen molar-refractivity contribution in [1.29, 1.82) is 0 Å². The lowest BCUT2D eigenvalue weighted by Crippen LogP contribution is -1.99. The Kier molecular flexibility index (Phi) is 5.65. The van der Waals surface area contributed by atoms with E-state index in [1.165, 1.54) is 11.1 Å². The summed E-state index contributed by atoms with van der Waals surface area (Å²) in [4.78, 5) is 4.66. The predicted octanol–water partition coefficient (Wildman–Crippen LogP) is 7.08. The van der Waals surface area contributed by atoms with Gasteiger partial charge in [0.1, 0.15) is 0 Å². The molecule has 138 valence electrons. The van der Waals surface area contributed by atoms with Crippen molar-refractivity contribution >= 4 is 38.1 Å². The molecule has 0 bridgehead atoms. The molecule has 0 saturated heterocycles. The van der Waals surface area contributed by atoms with E-state index in [9.17, 15) is 0 Å². The minimum absolute atomic E-state index is 0.776. The summed E-state index contributed by atoms with van der Waals surface area (Å²) in [6.07, 6.45) is 0. The van der Waals surface area contributed by atoms with E-state index in [0.717, 1.165) is 32.1 Å². The monoisotopic (exact) mass is 447 g/mol. The summed E-state index contributed by atoms with van der Waals surface area (Å²) in [5.41, 5.74) is 9.51. The Morgan fingerprint density at radius 3 is 2.21 bits per heavy atom. The number of aromatic nitrogens is 1. The third kappa shape index (κ3) is 4.38. The number of hydrogen-bond donors (Lipinski definition) is 1. The van der Waals surface area contributed by atoms with Gasteiger partial charge in [-0.1, -0.05) is 82.7 Å².